The number of aryl methyl sites for hydroxylation is 1. The Labute approximate surface area is 193 Å². The zero-order valence-corrected chi connectivity index (χ0v) is 18.9. The van der Waals surface area contributed by atoms with E-state index in [0.29, 0.717) is 11.4 Å². The molecule has 10 nitrogen and oxygen atoms in total. The van der Waals surface area contributed by atoms with Gasteiger partial charge in [-0.2, -0.15) is 9.90 Å². The van der Waals surface area contributed by atoms with E-state index in [9.17, 15) is 18.0 Å². The molecule has 3 N–H and O–H groups in total. The first-order valence-electron chi connectivity index (χ1n) is 9.60. The van der Waals surface area contributed by atoms with Crippen LogP contribution in [0.3, 0.4) is 0 Å². The molecule has 0 fully saturated rings. The van der Waals surface area contributed by atoms with Crippen molar-refractivity contribution < 1.29 is 18.0 Å². The second-order valence-electron chi connectivity index (χ2n) is 6.75. The van der Waals surface area contributed by atoms with E-state index < -0.39 is 21.8 Å². The highest BCUT2D eigenvalue weighted by Crippen LogP contribution is 2.22. The molecular weight excluding hydrogens is 464 g/mol. The fourth-order valence-corrected chi connectivity index (χ4v) is 4.96. The third-order valence-corrected chi connectivity index (χ3v) is 7.21. The molecule has 0 unspecified atom stereocenters. The topological polar surface area (TPSA) is 135 Å². The van der Waals surface area contributed by atoms with E-state index in [1.54, 1.807) is 42.6 Å². The maximum Gasteiger partial charge on any atom is 0.292 e. The second-order valence-corrected chi connectivity index (χ2v) is 9.61. The highest BCUT2D eigenvalue weighted by molar-refractivity contribution is 7.94. The van der Waals surface area contributed by atoms with Crippen LogP contribution in [0.4, 0.5) is 5.69 Å². The standard InChI is InChI=1S/C21H18N6O4S2/c1-14-19(25-27(24-14)15-8-3-2-4-9-15)21(29)23-22-20(28)16-10-5-6-11-17(16)26-33(30,31)18-12-7-13-32-18/h2-13,26H,1H3,(H,22,28)(H,23,29). The first-order chi connectivity index (χ1) is 15.8. The van der Waals surface area contributed by atoms with Crippen LogP contribution in [0.25, 0.3) is 5.69 Å². The molecule has 0 spiro atoms. The van der Waals surface area contributed by atoms with Crippen molar-refractivity contribution in [1.29, 1.82) is 0 Å². The van der Waals surface area contributed by atoms with Crippen molar-refractivity contribution in [3.8, 4) is 5.69 Å². The van der Waals surface area contributed by atoms with Gasteiger partial charge in [0.05, 0.1) is 22.6 Å². The second kappa shape index (κ2) is 9.22. The minimum absolute atomic E-state index is 0.0302. The summed E-state index contributed by atoms with van der Waals surface area (Å²) in [6.07, 6.45) is 0. The Hall–Kier alpha value is -4.03. The van der Waals surface area contributed by atoms with Crippen molar-refractivity contribution in [1.82, 2.24) is 25.8 Å². The van der Waals surface area contributed by atoms with E-state index in [0.717, 1.165) is 11.3 Å². The van der Waals surface area contributed by atoms with Gasteiger partial charge in [0.2, 0.25) is 0 Å². The SMILES string of the molecule is Cc1nn(-c2ccccc2)nc1C(=O)NNC(=O)c1ccccc1NS(=O)(=O)c1cccs1. The molecule has 0 saturated heterocycles. The lowest BCUT2D eigenvalue weighted by atomic mass is 10.2. The average molecular weight is 483 g/mol. The van der Waals surface area contributed by atoms with E-state index in [4.69, 9.17) is 0 Å². The molecule has 2 heterocycles. The van der Waals surface area contributed by atoms with Crippen LogP contribution in [0, 0.1) is 6.92 Å². The Morgan fingerprint density at radius 2 is 1.58 bits per heavy atom. The molecule has 0 aliphatic carbocycles. The van der Waals surface area contributed by atoms with Crippen molar-refractivity contribution in [2.45, 2.75) is 11.1 Å². The normalized spacial score (nSPS) is 11.1. The lowest BCUT2D eigenvalue weighted by Crippen LogP contribution is -2.42. The number of anilines is 1. The van der Waals surface area contributed by atoms with Gasteiger partial charge >= 0.3 is 0 Å². The van der Waals surface area contributed by atoms with Crippen LogP contribution in [-0.4, -0.2) is 35.2 Å². The average Bonchev–Trinajstić information content (AvgIpc) is 3.49. The number of hydrogen-bond donors (Lipinski definition) is 3. The summed E-state index contributed by atoms with van der Waals surface area (Å²) >= 11 is 1.05. The molecule has 168 valence electrons. The molecular formula is C21H18N6O4S2. The van der Waals surface area contributed by atoms with E-state index in [-0.39, 0.29) is 21.2 Å². The van der Waals surface area contributed by atoms with Crippen LogP contribution in [0.5, 0.6) is 0 Å². The van der Waals surface area contributed by atoms with E-state index in [1.165, 1.54) is 23.0 Å². The zero-order valence-electron chi connectivity index (χ0n) is 17.2. The number of hydrogen-bond acceptors (Lipinski definition) is 7. The number of carbonyl (C=O) groups excluding carboxylic acids is 2. The first-order valence-corrected chi connectivity index (χ1v) is 12.0. The van der Waals surface area contributed by atoms with Gasteiger partial charge in [0.25, 0.3) is 21.8 Å². The van der Waals surface area contributed by atoms with Crippen molar-refractivity contribution in [2.75, 3.05) is 4.72 Å². The summed E-state index contributed by atoms with van der Waals surface area (Å²) in [6, 6.07) is 18.2. The van der Waals surface area contributed by atoms with Crippen molar-refractivity contribution in [2.24, 2.45) is 0 Å². The van der Waals surface area contributed by atoms with Crippen LogP contribution in [0.1, 0.15) is 26.5 Å². The minimum atomic E-state index is -3.85. The number of rotatable bonds is 6. The number of amides is 2. The summed E-state index contributed by atoms with van der Waals surface area (Å²) in [5.41, 5.74) is 5.76. The Kier molecular flexibility index (Phi) is 6.20. The summed E-state index contributed by atoms with van der Waals surface area (Å²) in [7, 11) is -3.85. The Morgan fingerprint density at radius 1 is 0.879 bits per heavy atom. The summed E-state index contributed by atoms with van der Waals surface area (Å²) in [6.45, 7) is 1.62. The number of aromatic nitrogens is 3. The number of benzene rings is 2. The predicted octanol–water partition coefficient (Wildman–Crippen LogP) is 2.51. The monoisotopic (exact) mass is 482 g/mol. The lowest BCUT2D eigenvalue weighted by molar-refractivity contribution is 0.0843. The third kappa shape index (κ3) is 4.91. The highest BCUT2D eigenvalue weighted by Gasteiger charge is 2.21. The molecule has 4 rings (SSSR count). The number of sulfonamides is 1. The molecule has 2 aromatic heterocycles. The molecule has 0 radical (unpaired) electrons. The van der Waals surface area contributed by atoms with Gasteiger partial charge in [-0.3, -0.25) is 25.2 Å². The fraction of sp³-hybridized carbons (Fsp3) is 0.0476. The van der Waals surface area contributed by atoms with E-state index >= 15 is 0 Å². The van der Waals surface area contributed by atoms with Crippen LogP contribution >= 0.6 is 11.3 Å². The van der Waals surface area contributed by atoms with Gasteiger partial charge in [0.15, 0.2) is 5.69 Å². The van der Waals surface area contributed by atoms with Gasteiger partial charge in [0, 0.05) is 0 Å². The van der Waals surface area contributed by atoms with Crippen LogP contribution in [0.15, 0.2) is 76.3 Å². The fourth-order valence-electron chi connectivity index (χ4n) is 2.89. The maximum atomic E-state index is 12.7. The zero-order chi connectivity index (χ0) is 23.4. The quantitative estimate of drug-likeness (QED) is 0.362. The number of carbonyl (C=O) groups is 2. The highest BCUT2D eigenvalue weighted by atomic mass is 32.2. The van der Waals surface area contributed by atoms with Crippen molar-refractivity contribution in [3.63, 3.8) is 0 Å². The Bertz CT molecular complexity index is 1400. The van der Waals surface area contributed by atoms with Gasteiger partial charge in [0.1, 0.15) is 4.21 Å². The van der Waals surface area contributed by atoms with Gasteiger partial charge in [-0.05, 0) is 42.6 Å². The molecule has 12 heteroatoms. The largest absolute Gasteiger partial charge is 0.292 e. The first kappa shape index (κ1) is 22.2. The maximum absolute atomic E-state index is 12.7. The molecule has 4 aromatic rings. The van der Waals surface area contributed by atoms with Gasteiger partial charge in [-0.15, -0.1) is 16.4 Å². The van der Waals surface area contributed by atoms with E-state index in [2.05, 4.69) is 25.8 Å². The number of para-hydroxylation sites is 2. The molecule has 0 aliphatic rings. The van der Waals surface area contributed by atoms with Gasteiger partial charge < -0.3 is 0 Å². The van der Waals surface area contributed by atoms with E-state index in [1.807, 2.05) is 18.2 Å². The number of thiophene rings is 1. The Morgan fingerprint density at radius 3 is 2.30 bits per heavy atom. The third-order valence-electron chi connectivity index (χ3n) is 4.45. The molecule has 2 amide bonds. The molecule has 0 saturated carbocycles. The smallest absolute Gasteiger partial charge is 0.278 e. The predicted molar refractivity (Wildman–Crippen MR) is 123 cm³/mol. The molecule has 0 atom stereocenters. The molecule has 2 aromatic carbocycles. The molecule has 0 bridgehead atoms. The summed E-state index contributed by atoms with van der Waals surface area (Å²) in [5.74, 6) is -1.37. The van der Waals surface area contributed by atoms with Gasteiger partial charge in [-0.25, -0.2) is 8.42 Å². The number of nitrogens with zero attached hydrogens (tertiary/aromatic N) is 3. The number of nitrogens with one attached hydrogen (secondary N) is 3. The summed E-state index contributed by atoms with van der Waals surface area (Å²) in [5, 5.41) is 10.0. The summed E-state index contributed by atoms with van der Waals surface area (Å²) < 4.78 is 27.6. The lowest BCUT2D eigenvalue weighted by Gasteiger charge is -2.12. The van der Waals surface area contributed by atoms with Gasteiger partial charge in [-0.1, -0.05) is 36.4 Å². The van der Waals surface area contributed by atoms with Crippen molar-refractivity contribution >= 4 is 38.9 Å². The molecule has 33 heavy (non-hydrogen) atoms. The minimum Gasteiger partial charge on any atom is -0.278 e. The molecule has 0 aliphatic heterocycles. The van der Waals surface area contributed by atoms with Crippen LogP contribution in [0.2, 0.25) is 0 Å². The number of hydrazine groups is 1. The Balaban J connectivity index is 1.47. The van der Waals surface area contributed by atoms with Crippen LogP contribution in [-0.2, 0) is 10.0 Å². The van der Waals surface area contributed by atoms with Crippen molar-refractivity contribution in [3.05, 3.63) is 89.1 Å². The summed E-state index contributed by atoms with van der Waals surface area (Å²) in [4.78, 5) is 26.6. The van der Waals surface area contributed by atoms with Crippen LogP contribution < -0.4 is 15.6 Å².